The number of ether oxygens (including phenoxy) is 2. The Balaban J connectivity index is 1.69. The topological polar surface area (TPSA) is 47.6 Å². The van der Waals surface area contributed by atoms with E-state index in [9.17, 15) is 4.79 Å². The van der Waals surface area contributed by atoms with Gasteiger partial charge in [0.15, 0.2) is 0 Å². The lowest BCUT2D eigenvalue weighted by atomic mass is 10.1. The molecule has 0 saturated carbocycles. The molecule has 0 radical (unpaired) electrons. The van der Waals surface area contributed by atoms with Crippen LogP contribution < -0.4 is 14.8 Å². The molecular weight excluding hydrogens is 338 g/mol. The summed E-state index contributed by atoms with van der Waals surface area (Å²) >= 11 is 6.11. The van der Waals surface area contributed by atoms with Gasteiger partial charge in [-0.25, -0.2) is 0 Å². The summed E-state index contributed by atoms with van der Waals surface area (Å²) in [7, 11) is 0. The number of hydrogen-bond acceptors (Lipinski definition) is 3. The van der Waals surface area contributed by atoms with Crippen molar-refractivity contribution in [3.05, 3.63) is 58.1 Å². The van der Waals surface area contributed by atoms with Gasteiger partial charge in [0.2, 0.25) is 5.91 Å². The van der Waals surface area contributed by atoms with Crippen LogP contribution in [0.5, 0.6) is 11.5 Å². The van der Waals surface area contributed by atoms with Gasteiger partial charge in [0, 0.05) is 29.1 Å². The molecule has 0 aliphatic carbocycles. The molecular formula is C20H22ClNO3. The largest absolute Gasteiger partial charge is 0.494 e. The van der Waals surface area contributed by atoms with Crippen LogP contribution in [0.2, 0.25) is 5.02 Å². The van der Waals surface area contributed by atoms with Crippen LogP contribution >= 0.6 is 11.6 Å². The number of amides is 1. The highest BCUT2D eigenvalue weighted by Gasteiger charge is 2.22. The van der Waals surface area contributed by atoms with Gasteiger partial charge >= 0.3 is 0 Å². The molecule has 0 bridgehead atoms. The molecule has 1 aliphatic heterocycles. The van der Waals surface area contributed by atoms with Crippen molar-refractivity contribution in [3.8, 4) is 11.5 Å². The van der Waals surface area contributed by atoms with Gasteiger partial charge in [0.05, 0.1) is 13.0 Å². The molecule has 0 spiro atoms. The molecule has 1 amide bonds. The van der Waals surface area contributed by atoms with Crippen LogP contribution in [0, 0.1) is 0 Å². The maximum Gasteiger partial charge on any atom is 0.224 e. The molecule has 4 nitrogen and oxygen atoms in total. The van der Waals surface area contributed by atoms with Crippen LogP contribution in [-0.4, -0.2) is 18.6 Å². The number of hydrogen-bond donors (Lipinski definition) is 1. The van der Waals surface area contributed by atoms with Gasteiger partial charge in [-0.05, 0) is 37.6 Å². The van der Waals surface area contributed by atoms with E-state index < -0.39 is 0 Å². The average molecular weight is 360 g/mol. The summed E-state index contributed by atoms with van der Waals surface area (Å²) in [6.07, 6.45) is 1.31. The smallest absolute Gasteiger partial charge is 0.224 e. The highest BCUT2D eigenvalue weighted by atomic mass is 35.5. The number of carbonyl (C=O) groups is 1. The van der Waals surface area contributed by atoms with Crippen LogP contribution in [-0.2, 0) is 24.2 Å². The zero-order chi connectivity index (χ0) is 17.8. The van der Waals surface area contributed by atoms with Gasteiger partial charge in [-0.15, -0.1) is 0 Å². The Hall–Kier alpha value is -2.20. The zero-order valence-corrected chi connectivity index (χ0v) is 15.2. The molecule has 1 heterocycles. The Morgan fingerprint density at radius 3 is 2.88 bits per heavy atom. The summed E-state index contributed by atoms with van der Waals surface area (Å²) in [5.74, 6) is 1.61. The second-order valence-corrected chi connectivity index (χ2v) is 6.59. The molecule has 0 aromatic heterocycles. The number of benzene rings is 2. The first kappa shape index (κ1) is 17.6. The van der Waals surface area contributed by atoms with E-state index in [1.165, 1.54) is 0 Å². The quantitative estimate of drug-likeness (QED) is 0.850. The molecule has 25 heavy (non-hydrogen) atoms. The first-order valence-electron chi connectivity index (χ1n) is 8.52. The van der Waals surface area contributed by atoms with Crippen molar-refractivity contribution >= 4 is 17.5 Å². The fourth-order valence-corrected chi connectivity index (χ4v) is 3.18. The van der Waals surface area contributed by atoms with Crippen LogP contribution in [0.25, 0.3) is 0 Å². The van der Waals surface area contributed by atoms with Gasteiger partial charge in [-0.1, -0.05) is 29.8 Å². The molecule has 2 aromatic carbocycles. The van der Waals surface area contributed by atoms with E-state index in [-0.39, 0.29) is 18.4 Å². The third-order valence-electron chi connectivity index (χ3n) is 4.16. The normalized spacial score (nSPS) is 15.4. The van der Waals surface area contributed by atoms with Gasteiger partial charge < -0.3 is 14.8 Å². The van der Waals surface area contributed by atoms with Crippen molar-refractivity contribution in [2.75, 3.05) is 6.61 Å². The summed E-state index contributed by atoms with van der Waals surface area (Å²) in [5.41, 5.74) is 2.89. The fourth-order valence-electron chi connectivity index (χ4n) is 2.98. The average Bonchev–Trinajstić information content (AvgIpc) is 2.94. The minimum Gasteiger partial charge on any atom is -0.494 e. The van der Waals surface area contributed by atoms with Gasteiger partial charge in [0.25, 0.3) is 0 Å². The van der Waals surface area contributed by atoms with E-state index >= 15 is 0 Å². The molecule has 5 heteroatoms. The van der Waals surface area contributed by atoms with Crippen LogP contribution in [0.4, 0.5) is 0 Å². The van der Waals surface area contributed by atoms with Crippen molar-refractivity contribution in [2.24, 2.45) is 0 Å². The molecule has 1 aliphatic rings. The zero-order valence-electron chi connectivity index (χ0n) is 14.5. The number of halogens is 1. The third-order valence-corrected chi connectivity index (χ3v) is 4.53. The summed E-state index contributed by atoms with van der Waals surface area (Å²) in [4.78, 5) is 12.3. The van der Waals surface area contributed by atoms with Crippen LogP contribution in [0.15, 0.2) is 36.4 Å². The Labute approximate surface area is 153 Å². The van der Waals surface area contributed by atoms with E-state index in [1.54, 1.807) is 6.07 Å². The second kappa shape index (κ2) is 7.79. The standard InChI is InChI=1S/C20H22ClNO3/c1-3-24-18-9-15-8-13(2)25-19(15)10-16(18)12-22-20(23)11-14-6-4-5-7-17(14)21/h4-7,9-10,13H,3,8,11-12H2,1-2H3,(H,22,23)/t13-/m1/s1. The summed E-state index contributed by atoms with van der Waals surface area (Å²) < 4.78 is 11.6. The summed E-state index contributed by atoms with van der Waals surface area (Å²) in [5, 5.41) is 3.55. The molecule has 0 unspecified atom stereocenters. The number of carbonyl (C=O) groups excluding carboxylic acids is 1. The van der Waals surface area contributed by atoms with Gasteiger partial charge in [0.1, 0.15) is 17.6 Å². The molecule has 0 fully saturated rings. The number of nitrogens with one attached hydrogen (secondary N) is 1. The maximum atomic E-state index is 12.3. The third kappa shape index (κ3) is 4.26. The van der Waals surface area contributed by atoms with Gasteiger partial charge in [-0.2, -0.15) is 0 Å². The van der Waals surface area contributed by atoms with E-state index in [1.807, 2.05) is 44.2 Å². The van der Waals surface area contributed by atoms with E-state index in [0.717, 1.165) is 34.6 Å². The SMILES string of the molecule is CCOc1cc2c(cc1CNC(=O)Cc1ccccc1Cl)O[C@H](C)C2. The molecule has 132 valence electrons. The molecule has 1 atom stereocenters. The minimum absolute atomic E-state index is 0.0784. The second-order valence-electron chi connectivity index (χ2n) is 6.18. The van der Waals surface area contributed by atoms with E-state index in [2.05, 4.69) is 5.32 Å². The van der Waals surface area contributed by atoms with Crippen molar-refractivity contribution in [2.45, 2.75) is 39.3 Å². The Kier molecular flexibility index (Phi) is 5.49. The summed E-state index contributed by atoms with van der Waals surface area (Å²) in [6, 6.07) is 11.4. The Morgan fingerprint density at radius 1 is 1.32 bits per heavy atom. The highest BCUT2D eigenvalue weighted by Crippen LogP contribution is 2.35. The number of fused-ring (bicyclic) bond motifs is 1. The lowest BCUT2D eigenvalue weighted by Crippen LogP contribution is -2.25. The first-order chi connectivity index (χ1) is 12.1. The number of rotatable bonds is 6. The van der Waals surface area contributed by atoms with Crippen LogP contribution in [0.3, 0.4) is 0 Å². The van der Waals surface area contributed by atoms with Crippen molar-refractivity contribution in [1.82, 2.24) is 5.32 Å². The molecule has 1 N–H and O–H groups in total. The lowest BCUT2D eigenvalue weighted by Gasteiger charge is -2.13. The minimum atomic E-state index is -0.0784. The molecule has 3 rings (SSSR count). The predicted octanol–water partition coefficient (Wildman–Crippen LogP) is 3.92. The van der Waals surface area contributed by atoms with Gasteiger partial charge in [-0.3, -0.25) is 4.79 Å². The monoisotopic (exact) mass is 359 g/mol. The highest BCUT2D eigenvalue weighted by molar-refractivity contribution is 6.31. The van der Waals surface area contributed by atoms with E-state index in [4.69, 9.17) is 21.1 Å². The maximum absolute atomic E-state index is 12.3. The van der Waals surface area contributed by atoms with Crippen LogP contribution in [0.1, 0.15) is 30.5 Å². The Bertz CT molecular complexity index is 776. The van der Waals surface area contributed by atoms with Crippen molar-refractivity contribution in [1.29, 1.82) is 0 Å². The van der Waals surface area contributed by atoms with Crippen molar-refractivity contribution in [3.63, 3.8) is 0 Å². The first-order valence-corrected chi connectivity index (χ1v) is 8.90. The fraction of sp³-hybridized carbons (Fsp3) is 0.350. The van der Waals surface area contributed by atoms with Crippen molar-refractivity contribution < 1.29 is 14.3 Å². The molecule has 0 saturated heterocycles. The lowest BCUT2D eigenvalue weighted by molar-refractivity contribution is -0.120. The Morgan fingerprint density at radius 2 is 2.12 bits per heavy atom. The molecule has 2 aromatic rings. The van der Waals surface area contributed by atoms with E-state index in [0.29, 0.717) is 18.2 Å². The predicted molar refractivity (Wildman–Crippen MR) is 98.4 cm³/mol. The summed E-state index contributed by atoms with van der Waals surface area (Å²) in [6.45, 7) is 4.97.